The maximum Gasteiger partial charge on any atom is 0.335 e. The molecule has 0 saturated carbocycles. The highest BCUT2D eigenvalue weighted by atomic mass is 16.5. The van der Waals surface area contributed by atoms with Gasteiger partial charge in [0.25, 0.3) is 5.91 Å². The first-order valence-corrected chi connectivity index (χ1v) is 7.41. The van der Waals surface area contributed by atoms with Gasteiger partial charge in [-0.25, -0.2) is 4.79 Å². The molecular formula is C18H16NO7-. The van der Waals surface area contributed by atoms with Crippen molar-refractivity contribution >= 4 is 23.5 Å². The van der Waals surface area contributed by atoms with Crippen molar-refractivity contribution in [1.29, 1.82) is 0 Å². The summed E-state index contributed by atoms with van der Waals surface area (Å²) in [7, 11) is 2.87. The Morgan fingerprint density at radius 2 is 1.69 bits per heavy atom. The highest BCUT2D eigenvalue weighted by Gasteiger charge is 2.18. The number of carboxylic acids is 2. The van der Waals surface area contributed by atoms with Crippen molar-refractivity contribution in [2.24, 2.45) is 0 Å². The van der Waals surface area contributed by atoms with Gasteiger partial charge in [0, 0.05) is 17.2 Å². The third kappa shape index (κ3) is 3.75. The number of anilines is 1. The molecule has 2 aromatic carbocycles. The Kier molecular flexibility index (Phi) is 5.46. The SMILES string of the molecule is COc1ccc(OC)c(NC(=O)c2cc(C(=O)[O-])c(C)c(C(=O)O)c2)c1. The summed E-state index contributed by atoms with van der Waals surface area (Å²) < 4.78 is 10.2. The molecule has 0 spiro atoms. The largest absolute Gasteiger partial charge is 0.545 e. The second-order valence-corrected chi connectivity index (χ2v) is 5.31. The third-order valence-electron chi connectivity index (χ3n) is 3.78. The first-order valence-electron chi connectivity index (χ1n) is 7.41. The van der Waals surface area contributed by atoms with Crippen LogP contribution in [0.3, 0.4) is 0 Å². The molecule has 0 unspecified atom stereocenters. The van der Waals surface area contributed by atoms with E-state index >= 15 is 0 Å². The lowest BCUT2D eigenvalue weighted by atomic mass is 9.98. The van der Waals surface area contributed by atoms with Gasteiger partial charge in [-0.3, -0.25) is 4.79 Å². The van der Waals surface area contributed by atoms with E-state index in [1.807, 2.05) is 0 Å². The van der Waals surface area contributed by atoms with Crippen LogP contribution in [0.15, 0.2) is 30.3 Å². The monoisotopic (exact) mass is 358 g/mol. The van der Waals surface area contributed by atoms with Crippen molar-refractivity contribution in [3.05, 3.63) is 52.6 Å². The van der Waals surface area contributed by atoms with Crippen LogP contribution in [0.4, 0.5) is 5.69 Å². The van der Waals surface area contributed by atoms with E-state index in [0.717, 1.165) is 12.1 Å². The Balaban J connectivity index is 2.47. The van der Waals surface area contributed by atoms with Crippen LogP contribution >= 0.6 is 0 Å². The van der Waals surface area contributed by atoms with Gasteiger partial charge in [0.2, 0.25) is 0 Å². The Morgan fingerprint density at radius 1 is 1.04 bits per heavy atom. The summed E-state index contributed by atoms with van der Waals surface area (Å²) in [6, 6.07) is 6.91. The molecule has 0 aliphatic heterocycles. The Morgan fingerprint density at radius 3 is 2.23 bits per heavy atom. The molecule has 2 N–H and O–H groups in total. The van der Waals surface area contributed by atoms with Crippen LogP contribution in [-0.2, 0) is 0 Å². The molecule has 0 aromatic heterocycles. The lowest BCUT2D eigenvalue weighted by Crippen LogP contribution is -2.25. The highest BCUT2D eigenvalue weighted by molar-refractivity contribution is 6.08. The van der Waals surface area contributed by atoms with Gasteiger partial charge in [-0.2, -0.15) is 0 Å². The molecule has 0 aliphatic carbocycles. The first-order chi connectivity index (χ1) is 12.3. The summed E-state index contributed by atoms with van der Waals surface area (Å²) in [5.74, 6) is -2.81. The maximum atomic E-state index is 12.5. The number of benzene rings is 2. The van der Waals surface area contributed by atoms with Gasteiger partial charge < -0.3 is 29.8 Å². The third-order valence-corrected chi connectivity index (χ3v) is 3.78. The van der Waals surface area contributed by atoms with Gasteiger partial charge >= 0.3 is 5.97 Å². The standard InChI is InChI=1S/C18H17NO7/c1-9-12(17(21)22)6-10(7-13(9)18(23)24)16(20)19-14-8-11(25-2)4-5-15(14)26-3/h4-8H,1-3H3,(H,19,20)(H,21,22)(H,23,24)/p-1. The van der Waals surface area contributed by atoms with Gasteiger partial charge in [-0.15, -0.1) is 0 Å². The smallest absolute Gasteiger partial charge is 0.335 e. The molecule has 26 heavy (non-hydrogen) atoms. The minimum atomic E-state index is -1.57. The number of carbonyl (C=O) groups is 3. The number of carboxylic acid groups (broad SMARTS) is 2. The van der Waals surface area contributed by atoms with Gasteiger partial charge in [0.1, 0.15) is 11.5 Å². The summed E-state index contributed by atoms with van der Waals surface area (Å²) in [5, 5.41) is 23.0. The number of hydrogen-bond acceptors (Lipinski definition) is 6. The Labute approximate surface area is 149 Å². The van der Waals surface area contributed by atoms with Gasteiger partial charge in [-0.1, -0.05) is 0 Å². The van der Waals surface area contributed by atoms with Gasteiger partial charge in [0.15, 0.2) is 0 Å². The number of hydrogen-bond donors (Lipinski definition) is 2. The summed E-state index contributed by atoms with van der Waals surface area (Å²) in [6.07, 6.45) is 0. The molecule has 8 nitrogen and oxygen atoms in total. The van der Waals surface area contributed by atoms with E-state index < -0.39 is 17.8 Å². The number of aromatic carboxylic acids is 2. The second-order valence-electron chi connectivity index (χ2n) is 5.31. The molecule has 0 radical (unpaired) electrons. The molecule has 0 fully saturated rings. The van der Waals surface area contributed by atoms with E-state index in [2.05, 4.69) is 5.32 Å². The number of nitrogens with one attached hydrogen (secondary N) is 1. The van der Waals surface area contributed by atoms with Crippen LogP contribution in [0.2, 0.25) is 0 Å². The number of amides is 1. The highest BCUT2D eigenvalue weighted by Crippen LogP contribution is 2.29. The first kappa shape index (κ1) is 18.8. The van der Waals surface area contributed by atoms with E-state index in [1.165, 1.54) is 27.2 Å². The van der Waals surface area contributed by atoms with Crippen molar-refractivity contribution in [3.63, 3.8) is 0 Å². The molecule has 2 rings (SSSR count). The molecule has 0 saturated heterocycles. The minimum Gasteiger partial charge on any atom is -0.545 e. The Hall–Kier alpha value is -3.55. The van der Waals surface area contributed by atoms with Crippen LogP contribution in [0.25, 0.3) is 0 Å². The topological polar surface area (TPSA) is 125 Å². The molecule has 0 bridgehead atoms. The molecular weight excluding hydrogens is 342 g/mol. The molecule has 136 valence electrons. The van der Waals surface area contributed by atoms with Crippen molar-refractivity contribution in [1.82, 2.24) is 0 Å². The zero-order valence-corrected chi connectivity index (χ0v) is 14.3. The van der Waals surface area contributed by atoms with Crippen LogP contribution in [0.5, 0.6) is 11.5 Å². The number of methoxy groups -OCH3 is 2. The fraction of sp³-hybridized carbons (Fsp3) is 0.167. The van der Waals surface area contributed by atoms with Crippen molar-refractivity contribution in [2.45, 2.75) is 6.92 Å². The predicted molar refractivity (Wildman–Crippen MR) is 90.0 cm³/mol. The normalized spacial score (nSPS) is 10.1. The lowest BCUT2D eigenvalue weighted by molar-refractivity contribution is -0.255. The predicted octanol–water partition coefficient (Wildman–Crippen LogP) is 1.33. The van der Waals surface area contributed by atoms with Crippen LogP contribution < -0.4 is 19.9 Å². The van der Waals surface area contributed by atoms with E-state index in [4.69, 9.17) is 9.47 Å². The molecule has 0 heterocycles. The van der Waals surface area contributed by atoms with E-state index in [1.54, 1.807) is 12.1 Å². The van der Waals surface area contributed by atoms with E-state index in [9.17, 15) is 24.6 Å². The molecule has 0 aliphatic rings. The van der Waals surface area contributed by atoms with Crippen LogP contribution in [-0.4, -0.2) is 37.2 Å². The zero-order valence-electron chi connectivity index (χ0n) is 14.3. The van der Waals surface area contributed by atoms with E-state index in [0.29, 0.717) is 11.5 Å². The summed E-state index contributed by atoms with van der Waals surface area (Å²) in [4.78, 5) is 35.1. The average molecular weight is 358 g/mol. The van der Waals surface area contributed by atoms with Crippen LogP contribution in [0, 0.1) is 6.92 Å². The number of ether oxygens (including phenoxy) is 2. The van der Waals surface area contributed by atoms with Gasteiger partial charge in [-0.05, 0) is 36.8 Å². The summed E-state index contributed by atoms with van der Waals surface area (Å²) in [6.45, 7) is 1.33. The molecule has 1 amide bonds. The maximum absolute atomic E-state index is 12.5. The number of rotatable bonds is 6. The number of carbonyl (C=O) groups excluding carboxylic acids is 2. The molecule has 8 heteroatoms. The fourth-order valence-corrected chi connectivity index (χ4v) is 2.39. The zero-order chi connectivity index (χ0) is 19.4. The van der Waals surface area contributed by atoms with Crippen LogP contribution in [0.1, 0.15) is 36.6 Å². The van der Waals surface area contributed by atoms with E-state index in [-0.39, 0.29) is 27.9 Å². The second kappa shape index (κ2) is 7.56. The lowest BCUT2D eigenvalue weighted by Gasteiger charge is -2.15. The molecule has 2 aromatic rings. The fourth-order valence-electron chi connectivity index (χ4n) is 2.39. The summed E-state index contributed by atoms with van der Waals surface area (Å²) >= 11 is 0. The Bertz CT molecular complexity index is 854. The quantitative estimate of drug-likeness (QED) is 0.798. The summed E-state index contributed by atoms with van der Waals surface area (Å²) in [5.41, 5.74) is -0.517. The average Bonchev–Trinajstić information content (AvgIpc) is 2.61. The molecule has 0 atom stereocenters. The van der Waals surface area contributed by atoms with Gasteiger partial charge in [0.05, 0.1) is 31.4 Å². The van der Waals surface area contributed by atoms with Crippen molar-refractivity contribution in [2.75, 3.05) is 19.5 Å². The minimum absolute atomic E-state index is 0.00742. The van der Waals surface area contributed by atoms with Crippen molar-refractivity contribution in [3.8, 4) is 11.5 Å². The van der Waals surface area contributed by atoms with Crippen molar-refractivity contribution < 1.29 is 34.1 Å².